The lowest BCUT2D eigenvalue weighted by Crippen LogP contribution is -2.21. The summed E-state index contributed by atoms with van der Waals surface area (Å²) in [5, 5.41) is 11.5. The Morgan fingerprint density at radius 1 is 1.26 bits per heavy atom. The molecule has 4 nitrogen and oxygen atoms in total. The van der Waals surface area contributed by atoms with Crippen molar-refractivity contribution >= 4 is 45.0 Å². The van der Waals surface area contributed by atoms with Gasteiger partial charge in [0, 0.05) is 10.6 Å². The summed E-state index contributed by atoms with van der Waals surface area (Å²) in [4.78, 5) is 12.7. The third-order valence-electron chi connectivity index (χ3n) is 3.20. The highest BCUT2D eigenvalue weighted by Gasteiger charge is 2.22. The van der Waals surface area contributed by atoms with E-state index in [0.29, 0.717) is 5.69 Å². The molecule has 2 rings (SSSR count). The number of hydrogen-bond donors (Lipinski definition) is 3. The van der Waals surface area contributed by atoms with Crippen LogP contribution in [-0.2, 0) is 0 Å². The van der Waals surface area contributed by atoms with Gasteiger partial charge in [0.05, 0.1) is 15.7 Å². The SMILES string of the molecule is CSc1ccc(Nc2c(C(=O)NO)cc(Br)c(F)c2F)c(C)c1. The molecule has 0 spiro atoms. The maximum Gasteiger partial charge on any atom is 0.276 e. The number of thioether (sulfide) groups is 1. The van der Waals surface area contributed by atoms with Gasteiger partial charge in [-0.1, -0.05) is 0 Å². The summed E-state index contributed by atoms with van der Waals surface area (Å²) in [5.41, 5.74) is 2.17. The number of benzene rings is 2. The van der Waals surface area contributed by atoms with Crippen LogP contribution in [0.2, 0.25) is 0 Å². The largest absolute Gasteiger partial charge is 0.352 e. The molecule has 0 atom stereocenters. The summed E-state index contributed by atoms with van der Waals surface area (Å²) in [5.74, 6) is -3.29. The summed E-state index contributed by atoms with van der Waals surface area (Å²) in [6, 6.07) is 6.50. The minimum absolute atomic E-state index is 0.214. The highest BCUT2D eigenvalue weighted by atomic mass is 79.9. The molecule has 0 aromatic heterocycles. The Hall–Kier alpha value is -1.64. The van der Waals surface area contributed by atoms with Gasteiger partial charge in [-0.2, -0.15) is 0 Å². The van der Waals surface area contributed by atoms with Crippen molar-refractivity contribution in [2.24, 2.45) is 0 Å². The number of nitrogens with one attached hydrogen (secondary N) is 2. The van der Waals surface area contributed by atoms with Crippen molar-refractivity contribution in [1.29, 1.82) is 0 Å². The molecular weight excluding hydrogens is 390 g/mol. The lowest BCUT2D eigenvalue weighted by molar-refractivity contribution is 0.0706. The molecule has 1 amide bonds. The van der Waals surface area contributed by atoms with Gasteiger partial charge in [-0.05, 0) is 58.9 Å². The van der Waals surface area contributed by atoms with Gasteiger partial charge in [-0.3, -0.25) is 10.0 Å². The van der Waals surface area contributed by atoms with Gasteiger partial charge in [0.2, 0.25) is 0 Å². The molecule has 0 bridgehead atoms. The van der Waals surface area contributed by atoms with Crippen LogP contribution in [0.3, 0.4) is 0 Å². The fraction of sp³-hybridized carbons (Fsp3) is 0.133. The normalized spacial score (nSPS) is 10.5. The van der Waals surface area contributed by atoms with E-state index >= 15 is 0 Å². The topological polar surface area (TPSA) is 61.4 Å². The molecule has 0 heterocycles. The fourth-order valence-corrected chi connectivity index (χ4v) is 2.90. The number of rotatable bonds is 4. The van der Waals surface area contributed by atoms with Crippen LogP contribution in [0.15, 0.2) is 33.6 Å². The third kappa shape index (κ3) is 3.65. The Morgan fingerprint density at radius 3 is 2.52 bits per heavy atom. The number of aryl methyl sites for hydroxylation is 1. The minimum Gasteiger partial charge on any atom is -0.352 e. The number of hydrogen-bond acceptors (Lipinski definition) is 4. The van der Waals surface area contributed by atoms with Gasteiger partial charge in [-0.25, -0.2) is 14.3 Å². The van der Waals surface area contributed by atoms with E-state index in [0.717, 1.165) is 16.5 Å². The van der Waals surface area contributed by atoms with Crippen LogP contribution in [0.25, 0.3) is 0 Å². The zero-order valence-corrected chi connectivity index (χ0v) is 14.6. The van der Waals surface area contributed by atoms with Crippen LogP contribution in [0.4, 0.5) is 20.2 Å². The molecular formula is C15H13BrF2N2O2S. The monoisotopic (exact) mass is 402 g/mol. The molecule has 0 radical (unpaired) electrons. The van der Waals surface area contributed by atoms with Gasteiger partial charge in [-0.15, -0.1) is 11.8 Å². The van der Waals surface area contributed by atoms with Gasteiger partial charge < -0.3 is 5.32 Å². The zero-order valence-electron chi connectivity index (χ0n) is 12.2. The van der Waals surface area contributed by atoms with Crippen molar-refractivity contribution in [3.8, 4) is 0 Å². The zero-order chi connectivity index (χ0) is 17.1. The summed E-state index contributed by atoms with van der Waals surface area (Å²) < 4.78 is 27.8. The molecule has 0 aliphatic rings. The van der Waals surface area contributed by atoms with Crippen molar-refractivity contribution in [3.63, 3.8) is 0 Å². The quantitative estimate of drug-likeness (QED) is 0.302. The van der Waals surface area contributed by atoms with E-state index in [1.807, 2.05) is 18.4 Å². The maximum atomic E-state index is 14.2. The predicted octanol–water partition coefficient (Wildman–Crippen LogP) is 4.62. The molecule has 3 N–H and O–H groups in total. The second-order valence-corrected chi connectivity index (χ2v) is 6.39. The molecule has 0 aliphatic heterocycles. The Labute approximate surface area is 144 Å². The average Bonchev–Trinajstić information content (AvgIpc) is 2.55. The van der Waals surface area contributed by atoms with E-state index in [2.05, 4.69) is 21.2 Å². The smallest absolute Gasteiger partial charge is 0.276 e. The molecule has 122 valence electrons. The van der Waals surface area contributed by atoms with E-state index in [-0.39, 0.29) is 15.7 Å². The average molecular weight is 403 g/mol. The lowest BCUT2D eigenvalue weighted by Gasteiger charge is -2.15. The number of carbonyl (C=O) groups is 1. The first-order valence-electron chi connectivity index (χ1n) is 6.42. The van der Waals surface area contributed by atoms with Gasteiger partial charge >= 0.3 is 0 Å². The summed E-state index contributed by atoms with van der Waals surface area (Å²) in [6.45, 7) is 1.81. The number of anilines is 2. The minimum atomic E-state index is -1.22. The summed E-state index contributed by atoms with van der Waals surface area (Å²) in [6.07, 6.45) is 1.93. The molecule has 0 aliphatic carbocycles. The molecule has 2 aromatic carbocycles. The van der Waals surface area contributed by atoms with E-state index < -0.39 is 17.5 Å². The van der Waals surface area contributed by atoms with Crippen molar-refractivity contribution in [3.05, 3.63) is 51.5 Å². The van der Waals surface area contributed by atoms with E-state index in [1.165, 1.54) is 5.48 Å². The highest BCUT2D eigenvalue weighted by Crippen LogP contribution is 2.33. The highest BCUT2D eigenvalue weighted by molar-refractivity contribution is 9.10. The fourth-order valence-electron chi connectivity index (χ4n) is 1.99. The maximum absolute atomic E-state index is 14.2. The number of amides is 1. The first kappa shape index (κ1) is 17.7. The van der Waals surface area contributed by atoms with Gasteiger partial charge in [0.1, 0.15) is 0 Å². The van der Waals surface area contributed by atoms with Gasteiger partial charge in [0.15, 0.2) is 11.6 Å². The van der Waals surface area contributed by atoms with E-state index in [4.69, 9.17) is 5.21 Å². The van der Waals surface area contributed by atoms with Crippen LogP contribution in [0, 0.1) is 18.6 Å². The Morgan fingerprint density at radius 2 is 1.96 bits per heavy atom. The van der Waals surface area contributed by atoms with E-state index in [1.54, 1.807) is 24.8 Å². The second-order valence-electron chi connectivity index (χ2n) is 4.66. The first-order chi connectivity index (χ1) is 10.9. The summed E-state index contributed by atoms with van der Waals surface area (Å²) >= 11 is 4.39. The molecule has 2 aromatic rings. The van der Waals surface area contributed by atoms with Crippen LogP contribution < -0.4 is 10.8 Å². The van der Waals surface area contributed by atoms with Gasteiger partial charge in [0.25, 0.3) is 5.91 Å². The Kier molecular flexibility index (Phi) is 5.61. The summed E-state index contributed by atoms with van der Waals surface area (Å²) in [7, 11) is 0. The van der Waals surface area contributed by atoms with Crippen LogP contribution in [0.1, 0.15) is 15.9 Å². The van der Waals surface area contributed by atoms with Crippen LogP contribution in [-0.4, -0.2) is 17.4 Å². The van der Waals surface area contributed by atoms with Crippen molar-refractivity contribution in [1.82, 2.24) is 5.48 Å². The van der Waals surface area contributed by atoms with Crippen molar-refractivity contribution < 1.29 is 18.8 Å². The predicted molar refractivity (Wildman–Crippen MR) is 89.6 cm³/mol. The Balaban J connectivity index is 2.54. The molecule has 8 heteroatoms. The van der Waals surface area contributed by atoms with Crippen molar-refractivity contribution in [2.45, 2.75) is 11.8 Å². The lowest BCUT2D eigenvalue weighted by atomic mass is 10.1. The van der Waals surface area contributed by atoms with Crippen LogP contribution in [0.5, 0.6) is 0 Å². The Bertz CT molecular complexity index is 772. The molecule has 0 unspecified atom stereocenters. The number of halogens is 3. The number of carbonyl (C=O) groups excluding carboxylic acids is 1. The van der Waals surface area contributed by atoms with E-state index in [9.17, 15) is 13.6 Å². The van der Waals surface area contributed by atoms with Crippen molar-refractivity contribution in [2.75, 3.05) is 11.6 Å². The molecule has 0 saturated carbocycles. The molecule has 23 heavy (non-hydrogen) atoms. The standard InChI is InChI=1S/C15H13BrF2N2O2S/c1-7-5-8(23-2)3-4-11(7)19-14-9(15(21)20-22)6-10(16)12(17)13(14)18/h3-6,19,22H,1-2H3,(H,20,21). The third-order valence-corrected chi connectivity index (χ3v) is 4.50. The second kappa shape index (κ2) is 7.29. The van der Waals surface area contributed by atoms with Crippen LogP contribution >= 0.6 is 27.7 Å². The number of hydroxylamine groups is 1. The molecule has 0 fully saturated rings. The first-order valence-corrected chi connectivity index (χ1v) is 8.44. The molecule has 0 saturated heterocycles.